The van der Waals surface area contributed by atoms with Crippen molar-refractivity contribution in [2.24, 2.45) is 0 Å². The Hall–Kier alpha value is -2.57. The lowest BCUT2D eigenvalue weighted by atomic mass is 10.1. The van der Waals surface area contributed by atoms with Crippen molar-refractivity contribution in [3.05, 3.63) is 29.8 Å². The Morgan fingerprint density at radius 2 is 1.81 bits per heavy atom. The molecule has 1 rings (SSSR count). The van der Waals surface area contributed by atoms with Gasteiger partial charge >= 0.3 is 18.0 Å². The zero-order chi connectivity index (χ0) is 15.7. The molecule has 0 spiro atoms. The van der Waals surface area contributed by atoms with Crippen LogP contribution in [0.4, 0.5) is 10.5 Å². The van der Waals surface area contributed by atoms with E-state index in [0.717, 1.165) is 5.56 Å². The predicted octanol–water partition coefficient (Wildman–Crippen LogP) is 1.39. The van der Waals surface area contributed by atoms with Crippen molar-refractivity contribution in [1.82, 2.24) is 5.32 Å². The van der Waals surface area contributed by atoms with Gasteiger partial charge in [-0.1, -0.05) is 12.1 Å². The molecule has 0 aliphatic carbocycles. The molecule has 0 heterocycles. The van der Waals surface area contributed by atoms with E-state index in [1.165, 1.54) is 7.11 Å². The minimum Gasteiger partial charge on any atom is -0.481 e. The van der Waals surface area contributed by atoms with Crippen molar-refractivity contribution in [3.63, 3.8) is 0 Å². The number of benzene rings is 1. The van der Waals surface area contributed by atoms with Crippen LogP contribution in [-0.4, -0.2) is 36.7 Å². The highest BCUT2D eigenvalue weighted by Crippen LogP contribution is 2.11. The minimum absolute atomic E-state index is 0.0702. The first-order valence-electron chi connectivity index (χ1n) is 6.43. The molecule has 114 valence electrons. The molecule has 7 nitrogen and oxygen atoms in total. The standard InChI is InChI=1S/C14H18N2O5/c1-21-13(19)8-9-15-14(20)16-11-5-2-10(3-6-11)4-7-12(17)18/h2-3,5-6H,4,7-9H2,1H3,(H,17,18)(H2,15,16,20). The summed E-state index contributed by atoms with van der Waals surface area (Å²) in [4.78, 5) is 32.8. The fraction of sp³-hybridized carbons (Fsp3) is 0.357. The van der Waals surface area contributed by atoms with Crippen LogP contribution in [0.25, 0.3) is 0 Å². The lowest BCUT2D eigenvalue weighted by Gasteiger charge is -2.07. The number of hydrogen-bond donors (Lipinski definition) is 3. The molecule has 0 radical (unpaired) electrons. The number of aryl methyl sites for hydroxylation is 1. The second-order valence-electron chi connectivity index (χ2n) is 4.30. The highest BCUT2D eigenvalue weighted by atomic mass is 16.5. The average molecular weight is 294 g/mol. The zero-order valence-corrected chi connectivity index (χ0v) is 11.7. The van der Waals surface area contributed by atoms with E-state index >= 15 is 0 Å². The van der Waals surface area contributed by atoms with Crippen LogP contribution in [-0.2, 0) is 20.7 Å². The largest absolute Gasteiger partial charge is 0.481 e. The Balaban J connectivity index is 2.35. The molecule has 2 amide bonds. The van der Waals surface area contributed by atoms with E-state index in [1.807, 2.05) is 0 Å². The van der Waals surface area contributed by atoms with Gasteiger partial charge in [-0.2, -0.15) is 0 Å². The Bertz CT molecular complexity index is 499. The Labute approximate surface area is 122 Å². The minimum atomic E-state index is -0.845. The highest BCUT2D eigenvalue weighted by molar-refractivity contribution is 5.89. The Morgan fingerprint density at radius 1 is 1.14 bits per heavy atom. The van der Waals surface area contributed by atoms with Gasteiger partial charge in [0.1, 0.15) is 0 Å². The Morgan fingerprint density at radius 3 is 2.38 bits per heavy atom. The van der Waals surface area contributed by atoms with E-state index in [0.29, 0.717) is 12.1 Å². The number of urea groups is 1. The maximum atomic E-state index is 11.5. The number of hydrogen-bond acceptors (Lipinski definition) is 4. The molecular formula is C14H18N2O5. The third-order valence-corrected chi connectivity index (χ3v) is 2.68. The van der Waals surface area contributed by atoms with Gasteiger partial charge in [0.15, 0.2) is 0 Å². The predicted molar refractivity (Wildman–Crippen MR) is 76.1 cm³/mol. The van der Waals surface area contributed by atoms with Crippen LogP contribution in [0.3, 0.4) is 0 Å². The summed E-state index contributed by atoms with van der Waals surface area (Å²) in [6, 6.07) is 6.48. The number of rotatable bonds is 7. The molecule has 0 saturated carbocycles. The van der Waals surface area contributed by atoms with Gasteiger partial charge in [-0.05, 0) is 24.1 Å². The number of carboxylic acids is 1. The van der Waals surface area contributed by atoms with Crippen LogP contribution >= 0.6 is 0 Å². The molecule has 1 aromatic rings. The summed E-state index contributed by atoms with van der Waals surface area (Å²) in [7, 11) is 1.29. The maximum Gasteiger partial charge on any atom is 0.319 e. The van der Waals surface area contributed by atoms with Crippen LogP contribution in [0.15, 0.2) is 24.3 Å². The number of esters is 1. The molecule has 0 bridgehead atoms. The third-order valence-electron chi connectivity index (χ3n) is 2.68. The second kappa shape index (κ2) is 8.57. The molecule has 0 atom stereocenters. The van der Waals surface area contributed by atoms with Crippen LogP contribution in [0.5, 0.6) is 0 Å². The van der Waals surface area contributed by atoms with Crippen LogP contribution in [0.2, 0.25) is 0 Å². The number of nitrogens with one attached hydrogen (secondary N) is 2. The first-order valence-corrected chi connectivity index (χ1v) is 6.43. The van der Waals surface area contributed by atoms with Crippen molar-refractivity contribution in [2.45, 2.75) is 19.3 Å². The van der Waals surface area contributed by atoms with Gasteiger partial charge in [-0.25, -0.2) is 4.79 Å². The van der Waals surface area contributed by atoms with Crippen molar-refractivity contribution in [1.29, 1.82) is 0 Å². The van der Waals surface area contributed by atoms with Gasteiger partial charge in [-0.15, -0.1) is 0 Å². The molecule has 3 N–H and O–H groups in total. The van der Waals surface area contributed by atoms with E-state index in [-0.39, 0.29) is 19.4 Å². The molecule has 0 aliphatic rings. The number of methoxy groups -OCH3 is 1. The lowest BCUT2D eigenvalue weighted by molar-refractivity contribution is -0.140. The summed E-state index contributed by atoms with van der Waals surface area (Å²) in [5, 5.41) is 13.7. The molecule has 0 aromatic heterocycles. The first kappa shape index (κ1) is 16.5. The van der Waals surface area contributed by atoms with Crippen LogP contribution < -0.4 is 10.6 Å². The van der Waals surface area contributed by atoms with Crippen LogP contribution in [0.1, 0.15) is 18.4 Å². The fourth-order valence-corrected chi connectivity index (χ4v) is 1.56. The monoisotopic (exact) mass is 294 g/mol. The number of carbonyl (C=O) groups is 3. The lowest BCUT2D eigenvalue weighted by Crippen LogP contribution is -2.30. The molecule has 1 aromatic carbocycles. The maximum absolute atomic E-state index is 11.5. The van der Waals surface area contributed by atoms with Gasteiger partial charge < -0.3 is 20.5 Å². The second-order valence-corrected chi connectivity index (χ2v) is 4.30. The van der Waals surface area contributed by atoms with E-state index in [2.05, 4.69) is 15.4 Å². The van der Waals surface area contributed by atoms with Crippen molar-refractivity contribution >= 4 is 23.7 Å². The van der Waals surface area contributed by atoms with E-state index in [9.17, 15) is 14.4 Å². The normalized spacial score (nSPS) is 9.76. The molecular weight excluding hydrogens is 276 g/mol. The number of aliphatic carboxylic acids is 1. The summed E-state index contributed by atoms with van der Waals surface area (Å²) < 4.78 is 4.45. The van der Waals surface area contributed by atoms with E-state index in [4.69, 9.17) is 5.11 Å². The summed E-state index contributed by atoms with van der Waals surface area (Å²) in [6.45, 7) is 0.190. The molecule has 0 saturated heterocycles. The summed E-state index contributed by atoms with van der Waals surface area (Å²) in [6.07, 6.45) is 0.625. The van der Waals surface area contributed by atoms with Crippen LogP contribution in [0, 0.1) is 0 Å². The number of amides is 2. The SMILES string of the molecule is COC(=O)CCNC(=O)Nc1ccc(CCC(=O)O)cc1. The number of carbonyl (C=O) groups excluding carboxylic acids is 2. The number of anilines is 1. The summed E-state index contributed by atoms with van der Waals surface area (Å²) in [5.41, 5.74) is 1.47. The summed E-state index contributed by atoms with van der Waals surface area (Å²) in [5.74, 6) is -1.24. The molecule has 0 unspecified atom stereocenters. The molecule has 21 heavy (non-hydrogen) atoms. The fourth-order valence-electron chi connectivity index (χ4n) is 1.56. The number of ether oxygens (including phenoxy) is 1. The van der Waals surface area contributed by atoms with Gasteiger partial charge in [0, 0.05) is 18.7 Å². The smallest absolute Gasteiger partial charge is 0.319 e. The molecule has 0 fully saturated rings. The van der Waals surface area contributed by atoms with Gasteiger partial charge in [0.05, 0.1) is 13.5 Å². The Kier molecular flexibility index (Phi) is 6.73. The van der Waals surface area contributed by atoms with E-state index in [1.54, 1.807) is 24.3 Å². The van der Waals surface area contributed by atoms with Gasteiger partial charge in [0.2, 0.25) is 0 Å². The highest BCUT2D eigenvalue weighted by Gasteiger charge is 2.04. The van der Waals surface area contributed by atoms with Gasteiger partial charge in [-0.3, -0.25) is 9.59 Å². The average Bonchev–Trinajstić information content (AvgIpc) is 2.46. The zero-order valence-electron chi connectivity index (χ0n) is 11.7. The van der Waals surface area contributed by atoms with Crippen molar-refractivity contribution < 1.29 is 24.2 Å². The topological polar surface area (TPSA) is 105 Å². The summed E-state index contributed by atoms with van der Waals surface area (Å²) >= 11 is 0. The van der Waals surface area contributed by atoms with Crippen molar-refractivity contribution in [2.75, 3.05) is 19.0 Å². The van der Waals surface area contributed by atoms with E-state index < -0.39 is 18.0 Å². The third kappa shape index (κ3) is 6.95. The van der Waals surface area contributed by atoms with Crippen molar-refractivity contribution in [3.8, 4) is 0 Å². The van der Waals surface area contributed by atoms with Gasteiger partial charge in [0.25, 0.3) is 0 Å². The molecule has 0 aliphatic heterocycles. The quantitative estimate of drug-likeness (QED) is 0.659. The number of carboxylic acid groups (broad SMARTS) is 1. The first-order chi connectivity index (χ1) is 10.0. The molecule has 7 heteroatoms.